The summed E-state index contributed by atoms with van der Waals surface area (Å²) in [5, 5.41) is 2.89. The fraction of sp³-hybridized carbons (Fsp3) is 0.900. The molecule has 1 aliphatic rings. The van der Waals surface area contributed by atoms with E-state index >= 15 is 0 Å². The van der Waals surface area contributed by atoms with Crippen LogP contribution in [-0.2, 0) is 9.53 Å². The summed E-state index contributed by atoms with van der Waals surface area (Å²) in [6, 6.07) is 0. The number of piperidine rings is 1. The Balaban J connectivity index is 0.00000196. The van der Waals surface area contributed by atoms with Crippen molar-refractivity contribution < 1.29 is 9.53 Å². The molecule has 90 valence electrons. The first-order valence-corrected chi connectivity index (χ1v) is 5.19. The fourth-order valence-corrected chi connectivity index (χ4v) is 1.93. The Morgan fingerprint density at radius 2 is 2.33 bits per heavy atom. The number of amides is 1. The Morgan fingerprint density at radius 1 is 1.60 bits per heavy atom. The highest BCUT2D eigenvalue weighted by Crippen LogP contribution is 2.16. The number of halogens is 1. The Morgan fingerprint density at radius 3 is 2.93 bits per heavy atom. The SMILES string of the molecule is CNCC(=O)N1CCCC(COC)C1.Cl. The Kier molecular flexibility index (Phi) is 7.74. The van der Waals surface area contributed by atoms with Gasteiger partial charge >= 0.3 is 0 Å². The summed E-state index contributed by atoms with van der Waals surface area (Å²) in [6.07, 6.45) is 2.28. The van der Waals surface area contributed by atoms with Crippen LogP contribution in [0.5, 0.6) is 0 Å². The molecule has 1 amide bonds. The van der Waals surface area contributed by atoms with Gasteiger partial charge in [-0.1, -0.05) is 0 Å². The molecule has 0 radical (unpaired) electrons. The highest BCUT2D eigenvalue weighted by Gasteiger charge is 2.22. The standard InChI is InChI=1S/C10H20N2O2.ClH/c1-11-6-10(13)12-5-3-4-9(7-12)8-14-2;/h9,11H,3-8H2,1-2H3;1H. The van der Waals surface area contributed by atoms with Crippen LogP contribution in [0.4, 0.5) is 0 Å². The number of likely N-dealkylation sites (tertiary alicyclic amines) is 1. The monoisotopic (exact) mass is 236 g/mol. The third-order valence-electron chi connectivity index (χ3n) is 2.60. The minimum atomic E-state index is 0. The molecule has 0 saturated carbocycles. The molecule has 1 aliphatic heterocycles. The Labute approximate surface area is 97.8 Å². The lowest BCUT2D eigenvalue weighted by molar-refractivity contribution is -0.132. The highest BCUT2D eigenvalue weighted by molar-refractivity contribution is 5.85. The van der Waals surface area contributed by atoms with Gasteiger partial charge in [-0.05, 0) is 25.8 Å². The zero-order chi connectivity index (χ0) is 10.4. The first-order valence-electron chi connectivity index (χ1n) is 5.19. The molecule has 0 aromatic heterocycles. The Bertz CT molecular complexity index is 188. The van der Waals surface area contributed by atoms with E-state index in [1.54, 1.807) is 14.2 Å². The molecular weight excluding hydrogens is 216 g/mol. The van der Waals surface area contributed by atoms with Gasteiger partial charge in [-0.2, -0.15) is 0 Å². The van der Waals surface area contributed by atoms with E-state index in [-0.39, 0.29) is 18.3 Å². The normalized spacial score (nSPS) is 20.9. The molecule has 0 aromatic carbocycles. The van der Waals surface area contributed by atoms with E-state index in [4.69, 9.17) is 4.74 Å². The van der Waals surface area contributed by atoms with Gasteiger partial charge in [0.25, 0.3) is 0 Å². The zero-order valence-corrected chi connectivity index (χ0v) is 10.3. The van der Waals surface area contributed by atoms with Crippen molar-refractivity contribution in [3.63, 3.8) is 0 Å². The number of carbonyl (C=O) groups excluding carboxylic acids is 1. The molecule has 0 aliphatic carbocycles. The number of rotatable bonds is 4. The van der Waals surface area contributed by atoms with Gasteiger partial charge in [0.15, 0.2) is 0 Å². The highest BCUT2D eigenvalue weighted by atomic mass is 35.5. The van der Waals surface area contributed by atoms with E-state index in [2.05, 4.69) is 5.32 Å². The summed E-state index contributed by atoms with van der Waals surface area (Å²) in [4.78, 5) is 13.5. The third kappa shape index (κ3) is 4.82. The van der Waals surface area contributed by atoms with Crippen molar-refractivity contribution in [1.82, 2.24) is 10.2 Å². The molecule has 5 heteroatoms. The summed E-state index contributed by atoms with van der Waals surface area (Å²) in [6.45, 7) is 2.97. The molecule has 1 saturated heterocycles. The van der Waals surface area contributed by atoms with Crippen molar-refractivity contribution in [3.8, 4) is 0 Å². The van der Waals surface area contributed by atoms with E-state index in [1.807, 2.05) is 4.90 Å². The summed E-state index contributed by atoms with van der Waals surface area (Å²) < 4.78 is 5.12. The van der Waals surface area contributed by atoms with Gasteiger partial charge in [0, 0.05) is 20.2 Å². The van der Waals surface area contributed by atoms with Gasteiger partial charge in [0.1, 0.15) is 0 Å². The molecule has 1 unspecified atom stereocenters. The smallest absolute Gasteiger partial charge is 0.236 e. The van der Waals surface area contributed by atoms with Crippen molar-refractivity contribution in [3.05, 3.63) is 0 Å². The predicted molar refractivity (Wildman–Crippen MR) is 62.4 cm³/mol. The second-order valence-electron chi connectivity index (χ2n) is 3.83. The maximum Gasteiger partial charge on any atom is 0.236 e. The molecule has 15 heavy (non-hydrogen) atoms. The number of nitrogens with zero attached hydrogens (tertiary/aromatic N) is 1. The van der Waals surface area contributed by atoms with E-state index < -0.39 is 0 Å². The largest absolute Gasteiger partial charge is 0.384 e. The first kappa shape index (κ1) is 14.7. The lowest BCUT2D eigenvalue weighted by Gasteiger charge is -2.32. The lowest BCUT2D eigenvalue weighted by atomic mass is 9.99. The Hall–Kier alpha value is -0.320. The second-order valence-corrected chi connectivity index (χ2v) is 3.83. The minimum absolute atomic E-state index is 0. The minimum Gasteiger partial charge on any atom is -0.384 e. The quantitative estimate of drug-likeness (QED) is 0.774. The van der Waals surface area contributed by atoms with Crippen LogP contribution in [0.1, 0.15) is 12.8 Å². The van der Waals surface area contributed by atoms with Gasteiger partial charge in [-0.3, -0.25) is 4.79 Å². The summed E-state index contributed by atoms with van der Waals surface area (Å²) in [7, 11) is 3.52. The molecule has 0 bridgehead atoms. The molecule has 1 atom stereocenters. The number of ether oxygens (including phenoxy) is 1. The van der Waals surface area contributed by atoms with Crippen LogP contribution in [0.2, 0.25) is 0 Å². The van der Waals surface area contributed by atoms with Crippen molar-refractivity contribution in [2.24, 2.45) is 5.92 Å². The van der Waals surface area contributed by atoms with Gasteiger partial charge in [0.2, 0.25) is 5.91 Å². The van der Waals surface area contributed by atoms with Gasteiger partial charge < -0.3 is 15.0 Å². The number of likely N-dealkylation sites (N-methyl/N-ethyl adjacent to an activating group) is 1. The molecule has 1 heterocycles. The molecule has 4 nitrogen and oxygen atoms in total. The fourth-order valence-electron chi connectivity index (χ4n) is 1.93. The summed E-state index contributed by atoms with van der Waals surface area (Å²) in [5.74, 6) is 0.725. The van der Waals surface area contributed by atoms with E-state index in [9.17, 15) is 4.79 Å². The maximum atomic E-state index is 11.6. The number of nitrogens with one attached hydrogen (secondary N) is 1. The number of hydrogen-bond acceptors (Lipinski definition) is 3. The van der Waals surface area contributed by atoms with Crippen LogP contribution in [0.3, 0.4) is 0 Å². The van der Waals surface area contributed by atoms with Crippen LogP contribution in [0.25, 0.3) is 0 Å². The van der Waals surface area contributed by atoms with Gasteiger partial charge in [-0.25, -0.2) is 0 Å². The van der Waals surface area contributed by atoms with E-state index in [0.29, 0.717) is 12.5 Å². The van der Waals surface area contributed by atoms with Crippen molar-refractivity contribution in [2.75, 3.05) is 40.4 Å². The molecule has 1 rings (SSSR count). The molecule has 0 spiro atoms. The third-order valence-corrected chi connectivity index (χ3v) is 2.60. The molecule has 1 N–H and O–H groups in total. The van der Waals surface area contributed by atoms with Crippen LogP contribution in [-0.4, -0.2) is 51.2 Å². The molecular formula is C10H21ClN2O2. The van der Waals surface area contributed by atoms with Crippen LogP contribution in [0, 0.1) is 5.92 Å². The summed E-state index contributed by atoms with van der Waals surface area (Å²) in [5.41, 5.74) is 0. The van der Waals surface area contributed by atoms with E-state index in [1.165, 1.54) is 6.42 Å². The second kappa shape index (κ2) is 7.91. The van der Waals surface area contributed by atoms with Crippen LogP contribution >= 0.6 is 12.4 Å². The van der Waals surface area contributed by atoms with E-state index in [0.717, 1.165) is 26.1 Å². The molecule has 0 aromatic rings. The zero-order valence-electron chi connectivity index (χ0n) is 9.49. The molecule has 1 fully saturated rings. The van der Waals surface area contributed by atoms with Crippen molar-refractivity contribution in [2.45, 2.75) is 12.8 Å². The van der Waals surface area contributed by atoms with Crippen molar-refractivity contribution in [1.29, 1.82) is 0 Å². The lowest BCUT2D eigenvalue weighted by Crippen LogP contribution is -2.44. The maximum absolute atomic E-state index is 11.6. The van der Waals surface area contributed by atoms with Gasteiger partial charge in [-0.15, -0.1) is 12.4 Å². The van der Waals surface area contributed by atoms with Crippen molar-refractivity contribution >= 4 is 18.3 Å². The van der Waals surface area contributed by atoms with Crippen LogP contribution in [0.15, 0.2) is 0 Å². The topological polar surface area (TPSA) is 41.6 Å². The summed E-state index contributed by atoms with van der Waals surface area (Å²) >= 11 is 0. The first-order chi connectivity index (χ1) is 6.77. The van der Waals surface area contributed by atoms with Gasteiger partial charge in [0.05, 0.1) is 13.2 Å². The number of carbonyl (C=O) groups is 1. The average Bonchev–Trinajstić information content (AvgIpc) is 2.19. The number of methoxy groups -OCH3 is 1. The average molecular weight is 237 g/mol. The number of hydrogen-bond donors (Lipinski definition) is 1. The predicted octanol–water partition coefficient (Wildman–Crippen LogP) is 0.513. The van der Waals surface area contributed by atoms with Crippen LogP contribution < -0.4 is 5.32 Å².